The Kier molecular flexibility index (Phi) is 8.72. The standard InChI is InChI=1S/C27H33ClN4O4/c1-3-35-27(34)32-14-10-22-23-17-20(28)8-9-24(23)31-25(22)26(32)19-6-4-7-21(16-19)36-15-5-11-29-12-13-30-18(2)33/h4,6-9,16-17,26,29,31H,3,5,10-15H2,1-2H3,(H,30,33). The number of aromatic nitrogens is 1. The van der Waals surface area contributed by atoms with E-state index in [0.717, 1.165) is 53.8 Å². The van der Waals surface area contributed by atoms with Crippen LogP contribution in [-0.4, -0.2) is 61.3 Å². The first-order chi connectivity index (χ1) is 17.5. The highest BCUT2D eigenvalue weighted by Gasteiger charge is 2.35. The maximum atomic E-state index is 12.9. The fourth-order valence-corrected chi connectivity index (χ4v) is 4.80. The molecule has 1 aliphatic rings. The summed E-state index contributed by atoms with van der Waals surface area (Å²) in [4.78, 5) is 29.1. The van der Waals surface area contributed by atoms with Crippen LogP contribution in [0.25, 0.3) is 10.9 Å². The van der Waals surface area contributed by atoms with Crippen molar-refractivity contribution in [1.29, 1.82) is 0 Å². The molecule has 1 unspecified atom stereocenters. The van der Waals surface area contributed by atoms with Crippen LogP contribution in [0.4, 0.5) is 4.79 Å². The monoisotopic (exact) mass is 512 g/mol. The van der Waals surface area contributed by atoms with E-state index >= 15 is 0 Å². The Morgan fingerprint density at radius 3 is 2.83 bits per heavy atom. The summed E-state index contributed by atoms with van der Waals surface area (Å²) in [6.45, 7) is 6.87. The normalized spacial score (nSPS) is 15.0. The maximum absolute atomic E-state index is 12.9. The van der Waals surface area contributed by atoms with Crippen molar-refractivity contribution in [2.75, 3.05) is 39.4 Å². The van der Waals surface area contributed by atoms with Crippen LogP contribution >= 0.6 is 11.6 Å². The molecule has 2 amide bonds. The van der Waals surface area contributed by atoms with Gasteiger partial charge < -0.3 is 25.1 Å². The average molecular weight is 513 g/mol. The molecule has 9 heteroatoms. The SMILES string of the molecule is CCOC(=O)N1CCc2c([nH]c3ccc(Cl)cc23)C1c1cccc(OCCCNCCNC(C)=O)c1. The van der Waals surface area contributed by atoms with E-state index in [1.165, 1.54) is 12.5 Å². The van der Waals surface area contributed by atoms with Gasteiger partial charge in [0.25, 0.3) is 0 Å². The quantitative estimate of drug-likeness (QED) is 0.349. The molecule has 0 spiro atoms. The van der Waals surface area contributed by atoms with Crippen LogP contribution in [0, 0.1) is 0 Å². The van der Waals surface area contributed by atoms with Gasteiger partial charge in [-0.2, -0.15) is 0 Å². The zero-order chi connectivity index (χ0) is 25.5. The van der Waals surface area contributed by atoms with Gasteiger partial charge in [-0.25, -0.2) is 4.79 Å². The number of carbonyl (C=O) groups is 2. The van der Waals surface area contributed by atoms with Crippen LogP contribution in [0.1, 0.15) is 43.1 Å². The number of ether oxygens (including phenoxy) is 2. The Morgan fingerprint density at radius 1 is 1.17 bits per heavy atom. The molecule has 0 radical (unpaired) electrons. The van der Waals surface area contributed by atoms with Gasteiger partial charge in [-0.3, -0.25) is 9.69 Å². The van der Waals surface area contributed by atoms with Gasteiger partial charge in [-0.15, -0.1) is 0 Å². The van der Waals surface area contributed by atoms with E-state index < -0.39 is 0 Å². The second-order valence-electron chi connectivity index (χ2n) is 8.76. The molecule has 1 aromatic heterocycles. The summed E-state index contributed by atoms with van der Waals surface area (Å²) in [6.07, 6.45) is 1.22. The van der Waals surface area contributed by atoms with E-state index in [0.29, 0.717) is 31.3 Å². The highest BCUT2D eigenvalue weighted by Crippen LogP contribution is 2.40. The van der Waals surface area contributed by atoms with Crippen LogP contribution < -0.4 is 15.4 Å². The Hall–Kier alpha value is -3.23. The first kappa shape index (κ1) is 25.9. The third-order valence-corrected chi connectivity index (χ3v) is 6.44. The van der Waals surface area contributed by atoms with Gasteiger partial charge >= 0.3 is 6.09 Å². The Morgan fingerprint density at radius 2 is 2.03 bits per heavy atom. The molecule has 0 bridgehead atoms. The van der Waals surface area contributed by atoms with Crippen molar-refractivity contribution >= 4 is 34.5 Å². The number of nitrogens with zero attached hydrogens (tertiary/aromatic N) is 1. The van der Waals surface area contributed by atoms with Crippen LogP contribution in [0.2, 0.25) is 5.02 Å². The topological polar surface area (TPSA) is 95.7 Å². The number of nitrogens with one attached hydrogen (secondary N) is 3. The van der Waals surface area contributed by atoms with Crippen molar-refractivity contribution < 1.29 is 19.1 Å². The number of amides is 2. The lowest BCUT2D eigenvalue weighted by molar-refractivity contribution is -0.118. The minimum Gasteiger partial charge on any atom is -0.494 e. The summed E-state index contributed by atoms with van der Waals surface area (Å²) in [7, 11) is 0. The first-order valence-electron chi connectivity index (χ1n) is 12.4. The largest absolute Gasteiger partial charge is 0.494 e. The fourth-order valence-electron chi connectivity index (χ4n) is 4.62. The van der Waals surface area contributed by atoms with Crippen LogP contribution in [0.3, 0.4) is 0 Å². The predicted octanol–water partition coefficient (Wildman–Crippen LogP) is 4.42. The molecular formula is C27H33ClN4O4. The van der Waals surface area contributed by atoms with Gasteiger partial charge in [0, 0.05) is 48.2 Å². The molecule has 8 nitrogen and oxygen atoms in total. The smallest absolute Gasteiger partial charge is 0.410 e. The number of hydrogen-bond donors (Lipinski definition) is 3. The summed E-state index contributed by atoms with van der Waals surface area (Å²) in [5, 5.41) is 7.82. The number of H-pyrrole nitrogens is 1. The van der Waals surface area contributed by atoms with Crippen molar-refractivity contribution in [2.24, 2.45) is 0 Å². The van der Waals surface area contributed by atoms with Crippen molar-refractivity contribution in [3.63, 3.8) is 0 Å². The second kappa shape index (κ2) is 12.1. The highest BCUT2D eigenvalue weighted by atomic mass is 35.5. The fraction of sp³-hybridized carbons (Fsp3) is 0.407. The van der Waals surface area contributed by atoms with E-state index in [1.54, 1.807) is 4.90 Å². The third-order valence-electron chi connectivity index (χ3n) is 6.21. The molecule has 36 heavy (non-hydrogen) atoms. The number of fused-ring (bicyclic) bond motifs is 3. The van der Waals surface area contributed by atoms with Crippen LogP contribution in [0.15, 0.2) is 42.5 Å². The van der Waals surface area contributed by atoms with Crippen LogP contribution in [-0.2, 0) is 16.0 Å². The van der Waals surface area contributed by atoms with Gasteiger partial charge in [0.15, 0.2) is 0 Å². The molecule has 192 valence electrons. The zero-order valence-corrected chi connectivity index (χ0v) is 21.5. The average Bonchev–Trinajstić information content (AvgIpc) is 3.23. The summed E-state index contributed by atoms with van der Waals surface area (Å²) < 4.78 is 11.4. The van der Waals surface area contributed by atoms with Crippen molar-refractivity contribution in [3.05, 3.63) is 64.3 Å². The maximum Gasteiger partial charge on any atom is 0.410 e. The molecule has 3 N–H and O–H groups in total. The summed E-state index contributed by atoms with van der Waals surface area (Å²) in [5.74, 6) is 0.726. The lowest BCUT2D eigenvalue weighted by Gasteiger charge is -2.35. The molecule has 4 rings (SSSR count). The first-order valence-corrected chi connectivity index (χ1v) is 12.8. The Labute approximate surface area is 216 Å². The Bertz CT molecular complexity index is 1210. The van der Waals surface area contributed by atoms with Gasteiger partial charge in [-0.1, -0.05) is 23.7 Å². The minimum absolute atomic E-state index is 0.0251. The van der Waals surface area contributed by atoms with Crippen molar-refractivity contribution in [2.45, 2.75) is 32.7 Å². The summed E-state index contributed by atoms with van der Waals surface area (Å²) in [6, 6.07) is 13.4. The predicted molar refractivity (Wildman–Crippen MR) is 141 cm³/mol. The number of benzene rings is 2. The van der Waals surface area contributed by atoms with Crippen LogP contribution in [0.5, 0.6) is 5.75 Å². The minimum atomic E-state index is -0.332. The van der Waals surface area contributed by atoms with Gasteiger partial charge in [0.1, 0.15) is 11.8 Å². The van der Waals surface area contributed by atoms with E-state index in [-0.39, 0.29) is 18.0 Å². The van der Waals surface area contributed by atoms with Crippen molar-refractivity contribution in [1.82, 2.24) is 20.5 Å². The third kappa shape index (κ3) is 6.12. The molecule has 0 aliphatic carbocycles. The number of hydrogen-bond acceptors (Lipinski definition) is 5. The van der Waals surface area contributed by atoms with Gasteiger partial charge in [0.2, 0.25) is 5.91 Å². The number of halogens is 1. The molecule has 0 fully saturated rings. The molecule has 1 atom stereocenters. The lowest BCUT2D eigenvalue weighted by Crippen LogP contribution is -2.41. The van der Waals surface area contributed by atoms with E-state index in [1.807, 2.05) is 49.4 Å². The van der Waals surface area contributed by atoms with Gasteiger partial charge in [0.05, 0.1) is 13.2 Å². The molecule has 0 saturated carbocycles. The molecule has 2 aromatic carbocycles. The van der Waals surface area contributed by atoms with E-state index in [4.69, 9.17) is 21.1 Å². The lowest BCUT2D eigenvalue weighted by atomic mass is 9.92. The molecule has 0 saturated heterocycles. The van der Waals surface area contributed by atoms with E-state index in [9.17, 15) is 9.59 Å². The number of rotatable bonds is 10. The van der Waals surface area contributed by atoms with Gasteiger partial charge in [-0.05, 0) is 67.8 Å². The second-order valence-corrected chi connectivity index (χ2v) is 9.20. The molecule has 2 heterocycles. The summed E-state index contributed by atoms with van der Waals surface area (Å²) in [5.41, 5.74) is 4.10. The Balaban J connectivity index is 1.50. The summed E-state index contributed by atoms with van der Waals surface area (Å²) >= 11 is 6.28. The molecular weight excluding hydrogens is 480 g/mol. The van der Waals surface area contributed by atoms with E-state index in [2.05, 4.69) is 15.6 Å². The number of carbonyl (C=O) groups excluding carboxylic acids is 2. The number of aromatic amines is 1. The molecule has 3 aromatic rings. The molecule has 1 aliphatic heterocycles. The zero-order valence-electron chi connectivity index (χ0n) is 20.7. The highest BCUT2D eigenvalue weighted by molar-refractivity contribution is 6.31. The van der Waals surface area contributed by atoms with Crippen molar-refractivity contribution in [3.8, 4) is 5.75 Å².